The zero-order valence-corrected chi connectivity index (χ0v) is 11.6. The summed E-state index contributed by atoms with van der Waals surface area (Å²) >= 11 is 5.19. The Morgan fingerprint density at radius 1 is 1.47 bits per heavy atom. The van der Waals surface area contributed by atoms with Crippen LogP contribution in [0.3, 0.4) is 0 Å². The van der Waals surface area contributed by atoms with Crippen LogP contribution in [-0.2, 0) is 5.60 Å². The molecule has 0 aromatic carbocycles. The third kappa shape index (κ3) is 1.90. The summed E-state index contributed by atoms with van der Waals surface area (Å²) in [5, 5.41) is 15.0. The van der Waals surface area contributed by atoms with E-state index in [1.807, 2.05) is 0 Å². The number of aliphatic hydroxyl groups is 1. The van der Waals surface area contributed by atoms with Crippen molar-refractivity contribution in [2.24, 2.45) is 11.8 Å². The van der Waals surface area contributed by atoms with E-state index < -0.39 is 5.60 Å². The topological polar surface area (TPSA) is 20.2 Å². The SMILES string of the molecule is CC1CCCC(O)(c2cscc2Br)C1C. The van der Waals surface area contributed by atoms with Gasteiger partial charge in [-0.05, 0) is 46.0 Å². The van der Waals surface area contributed by atoms with E-state index in [1.165, 1.54) is 6.42 Å². The number of halogens is 1. The van der Waals surface area contributed by atoms with Crippen LogP contribution in [0.2, 0.25) is 0 Å². The third-order valence-corrected chi connectivity index (χ3v) is 5.61. The molecular weight excluding hydrogens is 272 g/mol. The van der Waals surface area contributed by atoms with Gasteiger partial charge in [0.05, 0.1) is 5.60 Å². The second kappa shape index (κ2) is 4.19. The fraction of sp³-hybridized carbons (Fsp3) is 0.667. The van der Waals surface area contributed by atoms with Gasteiger partial charge >= 0.3 is 0 Å². The van der Waals surface area contributed by atoms with E-state index in [2.05, 4.69) is 40.5 Å². The predicted octanol–water partition coefficient (Wildman–Crippen LogP) is 4.15. The summed E-state index contributed by atoms with van der Waals surface area (Å²) in [6.45, 7) is 4.42. The average molecular weight is 289 g/mol. The number of hydrogen-bond donors (Lipinski definition) is 1. The fourth-order valence-electron chi connectivity index (χ4n) is 2.61. The molecule has 0 radical (unpaired) electrons. The summed E-state index contributed by atoms with van der Waals surface area (Å²) in [7, 11) is 0. The lowest BCUT2D eigenvalue weighted by Gasteiger charge is -2.42. The van der Waals surface area contributed by atoms with E-state index in [1.54, 1.807) is 11.3 Å². The van der Waals surface area contributed by atoms with Gasteiger partial charge in [0.15, 0.2) is 0 Å². The first-order valence-corrected chi connectivity index (χ1v) is 7.24. The smallest absolute Gasteiger partial charge is 0.0943 e. The first-order valence-electron chi connectivity index (χ1n) is 5.50. The Balaban J connectivity index is 2.36. The molecule has 0 aliphatic heterocycles. The summed E-state index contributed by atoms with van der Waals surface area (Å²) in [6.07, 6.45) is 3.27. The van der Waals surface area contributed by atoms with Gasteiger partial charge in [-0.25, -0.2) is 0 Å². The minimum Gasteiger partial charge on any atom is -0.385 e. The van der Waals surface area contributed by atoms with Crippen molar-refractivity contribution in [3.05, 3.63) is 20.8 Å². The Bertz CT molecular complexity index is 349. The summed E-state index contributed by atoms with van der Waals surface area (Å²) in [6, 6.07) is 0. The summed E-state index contributed by atoms with van der Waals surface area (Å²) < 4.78 is 1.07. The molecule has 1 aromatic rings. The van der Waals surface area contributed by atoms with Gasteiger partial charge in [-0.3, -0.25) is 0 Å². The molecule has 1 fully saturated rings. The van der Waals surface area contributed by atoms with Gasteiger partial charge in [-0.2, -0.15) is 11.3 Å². The van der Waals surface area contributed by atoms with Gasteiger partial charge in [-0.1, -0.05) is 20.3 Å². The highest BCUT2D eigenvalue weighted by Crippen LogP contribution is 2.47. The first kappa shape index (κ1) is 11.6. The summed E-state index contributed by atoms with van der Waals surface area (Å²) in [5.41, 5.74) is 0.475. The quantitative estimate of drug-likeness (QED) is 0.823. The van der Waals surface area contributed by atoms with E-state index >= 15 is 0 Å². The van der Waals surface area contributed by atoms with Crippen LogP contribution in [0, 0.1) is 11.8 Å². The Labute approximate surface area is 104 Å². The minimum atomic E-state index is -0.615. The molecule has 1 aliphatic rings. The van der Waals surface area contributed by atoms with E-state index in [4.69, 9.17) is 0 Å². The van der Waals surface area contributed by atoms with Crippen molar-refractivity contribution in [3.8, 4) is 0 Å². The Kier molecular flexibility index (Phi) is 3.25. The molecule has 1 aliphatic carbocycles. The number of thiophene rings is 1. The van der Waals surface area contributed by atoms with Crippen molar-refractivity contribution in [2.45, 2.75) is 38.7 Å². The molecule has 15 heavy (non-hydrogen) atoms. The molecule has 3 heteroatoms. The maximum atomic E-state index is 10.8. The maximum Gasteiger partial charge on any atom is 0.0943 e. The Morgan fingerprint density at radius 2 is 2.20 bits per heavy atom. The van der Waals surface area contributed by atoms with Gasteiger partial charge < -0.3 is 5.11 Å². The van der Waals surface area contributed by atoms with Crippen molar-refractivity contribution in [1.29, 1.82) is 0 Å². The van der Waals surface area contributed by atoms with Gasteiger partial charge in [-0.15, -0.1) is 0 Å². The van der Waals surface area contributed by atoms with Gasteiger partial charge in [0.25, 0.3) is 0 Å². The van der Waals surface area contributed by atoms with Crippen molar-refractivity contribution in [3.63, 3.8) is 0 Å². The highest BCUT2D eigenvalue weighted by atomic mass is 79.9. The van der Waals surface area contributed by atoms with Gasteiger partial charge in [0, 0.05) is 15.4 Å². The lowest BCUT2D eigenvalue weighted by Crippen LogP contribution is -2.40. The molecule has 3 unspecified atom stereocenters. The van der Waals surface area contributed by atoms with Crippen LogP contribution >= 0.6 is 27.3 Å². The monoisotopic (exact) mass is 288 g/mol. The lowest BCUT2D eigenvalue weighted by atomic mass is 9.68. The molecule has 1 heterocycles. The first-order chi connectivity index (χ1) is 7.05. The zero-order valence-electron chi connectivity index (χ0n) is 9.16. The fourth-order valence-corrected chi connectivity index (χ4v) is 4.33. The maximum absolute atomic E-state index is 10.8. The third-order valence-electron chi connectivity index (χ3n) is 3.91. The molecule has 0 saturated heterocycles. The molecule has 1 saturated carbocycles. The van der Waals surface area contributed by atoms with Crippen LogP contribution in [0.1, 0.15) is 38.7 Å². The van der Waals surface area contributed by atoms with Gasteiger partial charge in [0.2, 0.25) is 0 Å². The molecule has 0 amide bonds. The van der Waals surface area contributed by atoms with Crippen LogP contribution < -0.4 is 0 Å². The van der Waals surface area contributed by atoms with Crippen molar-refractivity contribution >= 4 is 27.3 Å². The zero-order chi connectivity index (χ0) is 11.1. The largest absolute Gasteiger partial charge is 0.385 e. The average Bonchev–Trinajstić information content (AvgIpc) is 2.61. The minimum absolute atomic E-state index is 0.345. The highest BCUT2D eigenvalue weighted by molar-refractivity contribution is 9.10. The lowest BCUT2D eigenvalue weighted by molar-refractivity contribution is -0.0690. The second-order valence-corrected chi connectivity index (χ2v) is 6.31. The van der Waals surface area contributed by atoms with Crippen LogP contribution in [0.15, 0.2) is 15.2 Å². The van der Waals surface area contributed by atoms with Crippen molar-refractivity contribution < 1.29 is 5.11 Å². The van der Waals surface area contributed by atoms with Crippen molar-refractivity contribution in [1.82, 2.24) is 0 Å². The van der Waals surface area contributed by atoms with E-state index in [0.717, 1.165) is 22.9 Å². The molecule has 84 valence electrons. The van der Waals surface area contributed by atoms with E-state index in [9.17, 15) is 5.11 Å². The van der Waals surface area contributed by atoms with Crippen molar-refractivity contribution in [2.75, 3.05) is 0 Å². The van der Waals surface area contributed by atoms with E-state index in [-0.39, 0.29) is 0 Å². The summed E-state index contributed by atoms with van der Waals surface area (Å²) in [4.78, 5) is 0. The molecule has 1 nitrogen and oxygen atoms in total. The standard InChI is InChI=1S/C12H17BrOS/c1-8-4-3-5-12(14,9(8)2)10-6-15-7-11(10)13/h6-9,14H,3-5H2,1-2H3. The Morgan fingerprint density at radius 3 is 2.80 bits per heavy atom. The normalized spacial score (nSPS) is 36.8. The molecular formula is C12H17BrOS. The van der Waals surface area contributed by atoms with Crippen LogP contribution in [0.5, 0.6) is 0 Å². The molecule has 1 aromatic heterocycles. The van der Waals surface area contributed by atoms with E-state index in [0.29, 0.717) is 11.8 Å². The predicted molar refractivity (Wildman–Crippen MR) is 68.1 cm³/mol. The van der Waals surface area contributed by atoms with Gasteiger partial charge in [0.1, 0.15) is 0 Å². The molecule has 2 rings (SSSR count). The molecule has 0 spiro atoms. The van der Waals surface area contributed by atoms with Crippen LogP contribution in [0.25, 0.3) is 0 Å². The molecule has 3 atom stereocenters. The van der Waals surface area contributed by atoms with Crippen LogP contribution in [-0.4, -0.2) is 5.11 Å². The highest BCUT2D eigenvalue weighted by Gasteiger charge is 2.42. The molecule has 1 N–H and O–H groups in total. The van der Waals surface area contributed by atoms with Crippen LogP contribution in [0.4, 0.5) is 0 Å². The Hall–Kier alpha value is 0.140. The summed E-state index contributed by atoms with van der Waals surface area (Å²) in [5.74, 6) is 0.952. The molecule has 0 bridgehead atoms. The number of hydrogen-bond acceptors (Lipinski definition) is 2. The second-order valence-electron chi connectivity index (χ2n) is 4.72. The number of rotatable bonds is 1.